The summed E-state index contributed by atoms with van der Waals surface area (Å²) in [6.45, 7) is 2.61. The van der Waals surface area contributed by atoms with Gasteiger partial charge in [0.2, 0.25) is 5.91 Å². The average Bonchev–Trinajstić information content (AvgIpc) is 2.72. The van der Waals surface area contributed by atoms with Gasteiger partial charge in [0.05, 0.1) is 12.3 Å². The summed E-state index contributed by atoms with van der Waals surface area (Å²) in [5, 5.41) is 2.95. The van der Waals surface area contributed by atoms with E-state index in [2.05, 4.69) is 10.3 Å². The van der Waals surface area contributed by atoms with Crippen LogP contribution in [0.3, 0.4) is 0 Å². The fourth-order valence-electron chi connectivity index (χ4n) is 1.65. The molecule has 1 saturated heterocycles. The number of ether oxygens (including phenoxy) is 1. The first-order chi connectivity index (χ1) is 8.01. The van der Waals surface area contributed by atoms with Crippen LogP contribution >= 0.6 is 11.6 Å². The molecule has 2 heterocycles. The zero-order valence-corrected chi connectivity index (χ0v) is 10.3. The van der Waals surface area contributed by atoms with E-state index in [-0.39, 0.29) is 17.7 Å². The predicted octanol–water partition coefficient (Wildman–Crippen LogP) is 1.10. The van der Waals surface area contributed by atoms with Crippen molar-refractivity contribution in [2.45, 2.75) is 18.9 Å². The van der Waals surface area contributed by atoms with Crippen LogP contribution in [0.5, 0.6) is 0 Å². The molecule has 3 N–H and O–H groups in total. The van der Waals surface area contributed by atoms with Gasteiger partial charge in [0.25, 0.3) is 0 Å². The molecule has 0 aliphatic carbocycles. The zero-order chi connectivity index (χ0) is 12.5. The second kappa shape index (κ2) is 4.60. The van der Waals surface area contributed by atoms with Gasteiger partial charge in [-0.3, -0.25) is 4.79 Å². The highest BCUT2D eigenvalue weighted by Gasteiger charge is 2.38. The van der Waals surface area contributed by atoms with Crippen molar-refractivity contribution in [3.05, 3.63) is 23.0 Å². The van der Waals surface area contributed by atoms with Crippen LogP contribution in [0.15, 0.2) is 12.3 Å². The molecule has 1 aromatic heterocycles. The SMILES string of the molecule is Cc1cnc(Cl)c(NC(=O)C2(N)CCOC2)c1. The van der Waals surface area contributed by atoms with E-state index in [1.807, 2.05) is 6.92 Å². The highest BCUT2D eigenvalue weighted by atomic mass is 35.5. The largest absolute Gasteiger partial charge is 0.379 e. The standard InChI is InChI=1S/C11H14ClN3O2/c1-7-4-8(9(12)14-5-7)15-10(16)11(13)2-3-17-6-11/h4-5H,2-3,6,13H2,1H3,(H,15,16). The number of rotatable bonds is 2. The summed E-state index contributed by atoms with van der Waals surface area (Å²) in [4.78, 5) is 16.0. The summed E-state index contributed by atoms with van der Waals surface area (Å²) in [5.41, 5.74) is 6.37. The molecule has 1 fully saturated rings. The molecule has 0 radical (unpaired) electrons. The van der Waals surface area contributed by atoms with Crippen molar-refractivity contribution in [3.63, 3.8) is 0 Å². The van der Waals surface area contributed by atoms with Gasteiger partial charge in [-0.1, -0.05) is 11.6 Å². The van der Waals surface area contributed by atoms with Gasteiger partial charge in [0.15, 0.2) is 5.15 Å². The number of aromatic nitrogens is 1. The topological polar surface area (TPSA) is 77.2 Å². The van der Waals surface area contributed by atoms with Gasteiger partial charge >= 0.3 is 0 Å². The van der Waals surface area contributed by atoms with Crippen molar-refractivity contribution in [2.24, 2.45) is 5.73 Å². The van der Waals surface area contributed by atoms with Crippen LogP contribution in [0.2, 0.25) is 5.15 Å². The minimum Gasteiger partial charge on any atom is -0.379 e. The number of hydrogen-bond acceptors (Lipinski definition) is 4. The normalized spacial score (nSPS) is 23.7. The van der Waals surface area contributed by atoms with E-state index in [1.165, 1.54) is 0 Å². The summed E-state index contributed by atoms with van der Waals surface area (Å²) in [7, 11) is 0. The van der Waals surface area contributed by atoms with E-state index in [4.69, 9.17) is 22.1 Å². The average molecular weight is 256 g/mol. The lowest BCUT2D eigenvalue weighted by Crippen LogP contribution is -2.51. The molecule has 1 aliphatic heterocycles. The molecule has 5 nitrogen and oxygen atoms in total. The van der Waals surface area contributed by atoms with Crippen LogP contribution in [0.4, 0.5) is 5.69 Å². The van der Waals surface area contributed by atoms with Crippen LogP contribution in [0.25, 0.3) is 0 Å². The van der Waals surface area contributed by atoms with Crippen LogP contribution in [-0.2, 0) is 9.53 Å². The molecule has 17 heavy (non-hydrogen) atoms. The van der Waals surface area contributed by atoms with Gasteiger partial charge in [-0.2, -0.15) is 0 Å². The smallest absolute Gasteiger partial charge is 0.247 e. The minimum absolute atomic E-state index is 0.232. The number of nitrogens with two attached hydrogens (primary N) is 1. The molecule has 0 saturated carbocycles. The molecule has 0 bridgehead atoms. The maximum Gasteiger partial charge on any atom is 0.247 e. The van der Waals surface area contributed by atoms with E-state index >= 15 is 0 Å². The number of anilines is 1. The van der Waals surface area contributed by atoms with Crippen molar-refractivity contribution >= 4 is 23.2 Å². The molecular formula is C11H14ClN3O2. The molecule has 1 amide bonds. The molecule has 2 rings (SSSR count). The highest BCUT2D eigenvalue weighted by Crippen LogP contribution is 2.23. The third-order valence-corrected chi connectivity index (χ3v) is 3.03. The lowest BCUT2D eigenvalue weighted by atomic mass is 9.99. The fraction of sp³-hybridized carbons (Fsp3) is 0.455. The monoisotopic (exact) mass is 255 g/mol. The van der Waals surface area contributed by atoms with E-state index in [1.54, 1.807) is 12.3 Å². The van der Waals surface area contributed by atoms with Crippen molar-refractivity contribution in [2.75, 3.05) is 18.5 Å². The van der Waals surface area contributed by atoms with E-state index in [0.29, 0.717) is 18.7 Å². The number of nitrogens with one attached hydrogen (secondary N) is 1. The Balaban J connectivity index is 2.15. The van der Waals surface area contributed by atoms with Crippen molar-refractivity contribution in [1.82, 2.24) is 4.98 Å². The Morgan fingerprint density at radius 3 is 3.12 bits per heavy atom. The molecular weight excluding hydrogens is 242 g/mol. The summed E-state index contributed by atoms with van der Waals surface area (Å²) in [6.07, 6.45) is 2.14. The maximum atomic E-state index is 12.0. The predicted molar refractivity (Wildman–Crippen MR) is 65.0 cm³/mol. The molecule has 0 spiro atoms. The first kappa shape index (κ1) is 12.3. The van der Waals surface area contributed by atoms with Gasteiger partial charge < -0.3 is 15.8 Å². The van der Waals surface area contributed by atoms with Crippen LogP contribution in [0, 0.1) is 6.92 Å². The molecule has 6 heteroatoms. The second-order valence-electron chi connectivity index (χ2n) is 4.26. The van der Waals surface area contributed by atoms with E-state index < -0.39 is 5.54 Å². The zero-order valence-electron chi connectivity index (χ0n) is 9.50. The first-order valence-electron chi connectivity index (χ1n) is 5.31. The van der Waals surface area contributed by atoms with Gasteiger partial charge in [0.1, 0.15) is 5.54 Å². The summed E-state index contributed by atoms with van der Waals surface area (Å²) in [6, 6.07) is 1.76. The Bertz CT molecular complexity index is 444. The lowest BCUT2D eigenvalue weighted by Gasteiger charge is -2.20. The molecule has 1 aromatic rings. The maximum absolute atomic E-state index is 12.0. The molecule has 92 valence electrons. The summed E-state index contributed by atoms with van der Waals surface area (Å²) in [5.74, 6) is -0.288. The van der Waals surface area contributed by atoms with E-state index in [0.717, 1.165) is 5.56 Å². The van der Waals surface area contributed by atoms with Crippen molar-refractivity contribution < 1.29 is 9.53 Å². The Labute approximate surface area is 104 Å². The Kier molecular flexibility index (Phi) is 3.33. The Morgan fingerprint density at radius 2 is 2.47 bits per heavy atom. The van der Waals surface area contributed by atoms with Crippen molar-refractivity contribution in [1.29, 1.82) is 0 Å². The number of halogens is 1. The second-order valence-corrected chi connectivity index (χ2v) is 4.62. The van der Waals surface area contributed by atoms with Crippen molar-refractivity contribution in [3.8, 4) is 0 Å². The number of carbonyl (C=O) groups is 1. The van der Waals surface area contributed by atoms with E-state index in [9.17, 15) is 4.79 Å². The van der Waals surface area contributed by atoms with Crippen LogP contribution in [-0.4, -0.2) is 29.6 Å². The van der Waals surface area contributed by atoms with Gasteiger partial charge in [0, 0.05) is 12.8 Å². The quantitative estimate of drug-likeness (QED) is 0.776. The third-order valence-electron chi connectivity index (χ3n) is 2.73. The fourth-order valence-corrected chi connectivity index (χ4v) is 1.80. The number of aryl methyl sites for hydroxylation is 1. The number of hydrogen-bond donors (Lipinski definition) is 2. The van der Waals surface area contributed by atoms with Gasteiger partial charge in [-0.15, -0.1) is 0 Å². The molecule has 1 aliphatic rings. The number of nitrogens with zero attached hydrogens (tertiary/aromatic N) is 1. The molecule has 0 aromatic carbocycles. The Morgan fingerprint density at radius 1 is 1.71 bits per heavy atom. The van der Waals surface area contributed by atoms with Gasteiger partial charge in [-0.25, -0.2) is 4.98 Å². The minimum atomic E-state index is -0.965. The summed E-state index contributed by atoms with van der Waals surface area (Å²) >= 11 is 5.89. The molecule has 1 unspecified atom stereocenters. The van der Waals surface area contributed by atoms with Crippen LogP contribution < -0.4 is 11.1 Å². The Hall–Kier alpha value is -1.17. The first-order valence-corrected chi connectivity index (χ1v) is 5.69. The number of carbonyl (C=O) groups excluding carboxylic acids is 1. The third kappa shape index (κ3) is 2.57. The molecule has 1 atom stereocenters. The number of pyridine rings is 1. The number of amides is 1. The lowest BCUT2D eigenvalue weighted by molar-refractivity contribution is -0.121. The highest BCUT2D eigenvalue weighted by molar-refractivity contribution is 6.32. The van der Waals surface area contributed by atoms with Gasteiger partial charge in [-0.05, 0) is 25.0 Å². The van der Waals surface area contributed by atoms with Crippen LogP contribution in [0.1, 0.15) is 12.0 Å². The summed E-state index contributed by atoms with van der Waals surface area (Å²) < 4.78 is 5.14.